The van der Waals surface area contributed by atoms with Crippen molar-refractivity contribution in [3.63, 3.8) is 0 Å². The largest absolute Gasteiger partial charge is 0.475 e. The molecule has 1 N–H and O–H groups in total. The molecular weight excluding hydrogens is 579 g/mol. The number of benzene rings is 1. The third-order valence-corrected chi connectivity index (χ3v) is 6.79. The minimum atomic E-state index is -4.53. The lowest BCUT2D eigenvalue weighted by Crippen LogP contribution is -2.10. The molecule has 230 valence electrons. The first-order valence-electron chi connectivity index (χ1n) is 13.7. The zero-order chi connectivity index (χ0) is 31.3. The van der Waals surface area contributed by atoms with Crippen LogP contribution in [0.15, 0.2) is 48.9 Å². The van der Waals surface area contributed by atoms with Gasteiger partial charge in [-0.1, -0.05) is 12.1 Å². The molecule has 1 aliphatic carbocycles. The highest BCUT2D eigenvalue weighted by Crippen LogP contribution is 2.45. The van der Waals surface area contributed by atoms with Crippen molar-refractivity contribution in [1.29, 1.82) is 0 Å². The summed E-state index contributed by atoms with van der Waals surface area (Å²) < 4.78 is 56.4. The van der Waals surface area contributed by atoms with Crippen molar-refractivity contribution in [3.05, 3.63) is 77.1 Å². The van der Waals surface area contributed by atoms with Crippen molar-refractivity contribution in [2.75, 3.05) is 32.8 Å². The number of nitrogens with one attached hydrogen (secondary N) is 1. The lowest BCUT2D eigenvalue weighted by Gasteiger charge is -2.15. The van der Waals surface area contributed by atoms with Gasteiger partial charge in [-0.25, -0.2) is 29.4 Å². The third-order valence-electron chi connectivity index (χ3n) is 6.79. The van der Waals surface area contributed by atoms with Crippen molar-refractivity contribution >= 4 is 17.9 Å². The van der Waals surface area contributed by atoms with Crippen LogP contribution in [0, 0.1) is 6.92 Å². The van der Waals surface area contributed by atoms with Crippen LogP contribution >= 0.6 is 0 Å². The highest BCUT2D eigenvalue weighted by Gasteiger charge is 2.34. The number of alkyl halides is 3. The van der Waals surface area contributed by atoms with Gasteiger partial charge in [-0.05, 0) is 49.6 Å². The Morgan fingerprint density at radius 2 is 1.89 bits per heavy atom. The molecule has 14 heteroatoms. The second-order valence-electron chi connectivity index (χ2n) is 10.0. The average Bonchev–Trinajstić information content (AvgIpc) is 3.79. The van der Waals surface area contributed by atoms with E-state index in [1.165, 1.54) is 24.2 Å². The number of nitrogens with zero attached hydrogens (tertiary/aromatic N) is 6. The Kier molecular flexibility index (Phi) is 9.18. The summed E-state index contributed by atoms with van der Waals surface area (Å²) in [4.78, 5) is 30.0. The number of halogens is 3. The van der Waals surface area contributed by atoms with E-state index in [2.05, 4.69) is 25.4 Å². The summed E-state index contributed by atoms with van der Waals surface area (Å²) in [5.74, 6) is 0.828. The van der Waals surface area contributed by atoms with Gasteiger partial charge in [-0.15, -0.1) is 0 Å². The van der Waals surface area contributed by atoms with Gasteiger partial charge < -0.3 is 19.5 Å². The number of hydrogen-bond donors (Lipinski definition) is 1. The number of ether oxygens (including phenoxy) is 3. The number of aryl methyl sites for hydroxylation is 1. The molecule has 0 atom stereocenters. The highest BCUT2D eigenvalue weighted by atomic mass is 19.4. The summed E-state index contributed by atoms with van der Waals surface area (Å²) in [7, 11) is 2.86. The van der Waals surface area contributed by atoms with E-state index in [1.807, 2.05) is 0 Å². The Morgan fingerprint density at radius 3 is 2.55 bits per heavy atom. The third kappa shape index (κ3) is 7.19. The maximum Gasteiger partial charge on any atom is 0.435 e. The fourth-order valence-corrected chi connectivity index (χ4v) is 4.41. The quantitative estimate of drug-likeness (QED) is 0.131. The van der Waals surface area contributed by atoms with Crippen LogP contribution in [0.2, 0.25) is 0 Å². The fraction of sp³-hybridized carbons (Fsp3) is 0.333. The average molecular weight is 610 g/mol. The van der Waals surface area contributed by atoms with Crippen molar-refractivity contribution in [2.24, 2.45) is 0 Å². The summed E-state index contributed by atoms with van der Waals surface area (Å²) in [5, 5.41) is 6.99. The smallest absolute Gasteiger partial charge is 0.435 e. The van der Waals surface area contributed by atoms with Gasteiger partial charge in [0, 0.05) is 43.1 Å². The molecular formula is C30H30F3N7O4. The van der Waals surface area contributed by atoms with Gasteiger partial charge in [-0.2, -0.15) is 18.3 Å². The maximum atomic E-state index is 13.1. The standard InChI is InChI=1S/C30H30F3N7O4/c1-18-14-23(30(31,32)33)39-40(18)22-9-4-19(5-10-22)15-34-27-21(8-11-24(41)43-3)16-35-28(38-27)25-26(20-6-7-20)36-17-37-29(25)44-13-12-42-2/h4-5,8-11,14,16-17,20H,6-7,12-13,15H2,1-3H3,(H,34,35,38)/b11-8+. The summed E-state index contributed by atoms with van der Waals surface area (Å²) in [6, 6.07) is 7.94. The van der Waals surface area contributed by atoms with Gasteiger partial charge in [0.05, 0.1) is 25.1 Å². The van der Waals surface area contributed by atoms with Crippen LogP contribution in [0.25, 0.3) is 23.2 Å². The van der Waals surface area contributed by atoms with Crippen molar-refractivity contribution < 1.29 is 32.2 Å². The minimum Gasteiger partial charge on any atom is -0.475 e. The molecule has 0 bridgehead atoms. The van der Waals surface area contributed by atoms with Gasteiger partial charge >= 0.3 is 12.1 Å². The molecule has 4 aromatic rings. The molecule has 3 heterocycles. The highest BCUT2D eigenvalue weighted by molar-refractivity contribution is 5.88. The number of anilines is 1. The first kappa shape index (κ1) is 30.6. The summed E-state index contributed by atoms with van der Waals surface area (Å²) in [6.45, 7) is 2.52. The van der Waals surface area contributed by atoms with Gasteiger partial charge in [0.1, 0.15) is 24.3 Å². The van der Waals surface area contributed by atoms with Crippen LogP contribution < -0.4 is 10.1 Å². The molecule has 0 radical (unpaired) electrons. The van der Waals surface area contributed by atoms with Crippen molar-refractivity contribution in [2.45, 2.75) is 38.4 Å². The monoisotopic (exact) mass is 609 g/mol. The van der Waals surface area contributed by atoms with Crippen LogP contribution in [0.4, 0.5) is 19.0 Å². The SMILES string of the molecule is COCCOc1ncnc(C2CC2)c1-c1ncc(/C=C/C(=O)OC)c(NCc2ccc(-n3nc(C(F)(F)F)cc3C)cc2)n1. The molecule has 44 heavy (non-hydrogen) atoms. The van der Waals surface area contributed by atoms with Crippen LogP contribution in [-0.4, -0.2) is 63.1 Å². The number of carbonyl (C=O) groups excluding carboxylic acids is 1. The van der Waals surface area contributed by atoms with Crippen molar-refractivity contribution in [1.82, 2.24) is 29.7 Å². The molecule has 0 aliphatic heterocycles. The molecule has 0 unspecified atom stereocenters. The number of methoxy groups -OCH3 is 2. The predicted octanol–water partition coefficient (Wildman–Crippen LogP) is 5.15. The maximum absolute atomic E-state index is 13.1. The summed E-state index contributed by atoms with van der Waals surface area (Å²) in [5.41, 5.74) is 2.64. The van der Waals surface area contributed by atoms with E-state index in [1.54, 1.807) is 50.6 Å². The Labute approximate surface area is 251 Å². The summed E-state index contributed by atoms with van der Waals surface area (Å²) >= 11 is 0. The van der Waals surface area contributed by atoms with Gasteiger partial charge in [0.25, 0.3) is 0 Å². The summed E-state index contributed by atoms with van der Waals surface area (Å²) in [6.07, 6.45) is 3.28. The molecule has 1 saturated carbocycles. The van der Waals surface area contributed by atoms with E-state index >= 15 is 0 Å². The zero-order valence-corrected chi connectivity index (χ0v) is 24.3. The Balaban J connectivity index is 1.44. The number of hydrogen-bond acceptors (Lipinski definition) is 10. The van der Waals surface area contributed by atoms with E-state index in [0.717, 1.165) is 30.2 Å². The number of aromatic nitrogens is 6. The Bertz CT molecular complexity index is 1650. The molecule has 1 aromatic carbocycles. The van der Waals surface area contributed by atoms with E-state index in [0.29, 0.717) is 53.2 Å². The molecule has 0 amide bonds. The molecule has 3 aromatic heterocycles. The van der Waals surface area contributed by atoms with Crippen LogP contribution in [-0.2, 0) is 27.0 Å². The van der Waals surface area contributed by atoms with Crippen LogP contribution in [0.3, 0.4) is 0 Å². The zero-order valence-electron chi connectivity index (χ0n) is 24.3. The second-order valence-corrected chi connectivity index (χ2v) is 10.0. The first-order chi connectivity index (χ1) is 21.2. The molecule has 0 spiro atoms. The van der Waals surface area contributed by atoms with Gasteiger partial charge in [0.2, 0.25) is 5.88 Å². The number of carbonyl (C=O) groups is 1. The lowest BCUT2D eigenvalue weighted by atomic mass is 10.1. The molecule has 0 saturated heterocycles. The molecule has 11 nitrogen and oxygen atoms in total. The Morgan fingerprint density at radius 1 is 1.11 bits per heavy atom. The Hall–Kier alpha value is -4.85. The topological polar surface area (TPSA) is 126 Å². The van der Waals surface area contributed by atoms with E-state index in [-0.39, 0.29) is 12.5 Å². The number of rotatable bonds is 12. The molecule has 1 aliphatic rings. The van der Waals surface area contributed by atoms with E-state index in [9.17, 15) is 18.0 Å². The van der Waals surface area contributed by atoms with Gasteiger partial charge in [0.15, 0.2) is 11.5 Å². The second kappa shape index (κ2) is 13.2. The van der Waals surface area contributed by atoms with Crippen molar-refractivity contribution in [3.8, 4) is 23.0 Å². The lowest BCUT2D eigenvalue weighted by molar-refractivity contribution is -0.141. The fourth-order valence-electron chi connectivity index (χ4n) is 4.41. The van der Waals surface area contributed by atoms with E-state index in [4.69, 9.17) is 19.2 Å². The van der Waals surface area contributed by atoms with E-state index < -0.39 is 17.8 Å². The minimum absolute atomic E-state index is 0.251. The molecule has 5 rings (SSSR count). The predicted molar refractivity (Wildman–Crippen MR) is 154 cm³/mol. The van der Waals surface area contributed by atoms with Crippen LogP contribution in [0.1, 0.15) is 47.0 Å². The number of esters is 1. The normalized spacial score (nSPS) is 13.3. The van der Waals surface area contributed by atoms with Gasteiger partial charge in [-0.3, -0.25) is 0 Å². The molecule has 1 fully saturated rings. The first-order valence-corrected chi connectivity index (χ1v) is 13.7. The van der Waals surface area contributed by atoms with Crippen LogP contribution in [0.5, 0.6) is 5.88 Å².